The molecule has 0 bridgehead atoms. The van der Waals surface area contributed by atoms with Gasteiger partial charge in [-0.05, 0) is 37.4 Å². The van der Waals surface area contributed by atoms with Crippen LogP contribution in [0.5, 0.6) is 0 Å². The molecule has 1 aromatic rings. The van der Waals surface area contributed by atoms with Gasteiger partial charge in [-0.2, -0.15) is 0 Å². The Morgan fingerprint density at radius 2 is 1.76 bits per heavy atom. The first kappa shape index (κ1) is 17.7. The Bertz CT molecular complexity index is 399. The quantitative estimate of drug-likeness (QED) is 0.704. The van der Waals surface area contributed by atoms with Crippen molar-refractivity contribution in [3.8, 4) is 0 Å². The molecular weight excluding hydrogens is 260 g/mol. The van der Waals surface area contributed by atoms with Crippen LogP contribution in [-0.4, -0.2) is 30.4 Å². The summed E-state index contributed by atoms with van der Waals surface area (Å²) in [4.78, 5) is 14.8. The van der Waals surface area contributed by atoms with E-state index in [1.807, 2.05) is 30.3 Å². The Balaban J connectivity index is 2.70. The van der Waals surface area contributed by atoms with E-state index in [1.165, 1.54) is 0 Å². The first-order valence-corrected chi connectivity index (χ1v) is 8.16. The van der Waals surface area contributed by atoms with Crippen LogP contribution in [-0.2, 0) is 4.79 Å². The van der Waals surface area contributed by atoms with Crippen LogP contribution in [0, 0.1) is 5.92 Å². The van der Waals surface area contributed by atoms with E-state index in [0.717, 1.165) is 38.0 Å². The first-order valence-electron chi connectivity index (χ1n) is 8.16. The Kier molecular flexibility index (Phi) is 8.06. The van der Waals surface area contributed by atoms with Gasteiger partial charge < -0.3 is 5.32 Å². The van der Waals surface area contributed by atoms with Crippen LogP contribution in [0.3, 0.4) is 0 Å². The van der Waals surface area contributed by atoms with Crippen molar-refractivity contribution in [2.45, 2.75) is 46.6 Å². The van der Waals surface area contributed by atoms with E-state index in [0.29, 0.717) is 5.92 Å². The highest BCUT2D eigenvalue weighted by Gasteiger charge is 2.25. The van der Waals surface area contributed by atoms with Gasteiger partial charge in [-0.25, -0.2) is 0 Å². The van der Waals surface area contributed by atoms with Crippen molar-refractivity contribution in [1.82, 2.24) is 10.2 Å². The maximum atomic E-state index is 12.6. The molecule has 0 aromatic heterocycles. The molecule has 0 radical (unpaired) electrons. The van der Waals surface area contributed by atoms with Crippen LogP contribution in [0.1, 0.15) is 52.1 Å². The SMILES string of the molecule is CCN(CC)C(C(=O)NCCCC(C)C)c1ccccc1. The summed E-state index contributed by atoms with van der Waals surface area (Å²) in [6.07, 6.45) is 2.20. The molecule has 0 heterocycles. The molecule has 0 spiro atoms. The van der Waals surface area contributed by atoms with Crippen LogP contribution in [0.15, 0.2) is 30.3 Å². The third-order valence-electron chi connectivity index (χ3n) is 3.80. The van der Waals surface area contributed by atoms with E-state index >= 15 is 0 Å². The third-order valence-corrected chi connectivity index (χ3v) is 3.80. The van der Waals surface area contributed by atoms with Crippen molar-refractivity contribution in [2.75, 3.05) is 19.6 Å². The number of carbonyl (C=O) groups excluding carboxylic acids is 1. The summed E-state index contributed by atoms with van der Waals surface area (Å²) in [7, 11) is 0. The topological polar surface area (TPSA) is 32.3 Å². The average Bonchev–Trinajstić information content (AvgIpc) is 2.49. The minimum Gasteiger partial charge on any atom is -0.354 e. The van der Waals surface area contributed by atoms with Crippen molar-refractivity contribution in [3.63, 3.8) is 0 Å². The highest BCUT2D eigenvalue weighted by Crippen LogP contribution is 2.20. The molecule has 3 nitrogen and oxygen atoms in total. The Morgan fingerprint density at radius 1 is 1.14 bits per heavy atom. The van der Waals surface area contributed by atoms with Crippen molar-refractivity contribution in [1.29, 1.82) is 0 Å². The van der Waals surface area contributed by atoms with Crippen molar-refractivity contribution in [2.24, 2.45) is 5.92 Å². The second kappa shape index (κ2) is 9.56. The van der Waals surface area contributed by atoms with Gasteiger partial charge in [-0.15, -0.1) is 0 Å². The summed E-state index contributed by atoms with van der Waals surface area (Å²) in [5.74, 6) is 0.809. The molecule has 0 aliphatic carbocycles. The molecular formula is C18H30N2O. The zero-order valence-electron chi connectivity index (χ0n) is 13.9. The van der Waals surface area contributed by atoms with Crippen LogP contribution < -0.4 is 5.32 Å². The monoisotopic (exact) mass is 290 g/mol. The molecule has 0 saturated heterocycles. The highest BCUT2D eigenvalue weighted by molar-refractivity contribution is 5.83. The van der Waals surface area contributed by atoms with Gasteiger partial charge in [-0.1, -0.05) is 58.0 Å². The zero-order valence-corrected chi connectivity index (χ0v) is 13.9. The lowest BCUT2D eigenvalue weighted by Crippen LogP contribution is -2.40. The van der Waals surface area contributed by atoms with Gasteiger partial charge in [-0.3, -0.25) is 9.69 Å². The van der Waals surface area contributed by atoms with Gasteiger partial charge in [0.15, 0.2) is 0 Å². The van der Waals surface area contributed by atoms with Crippen molar-refractivity contribution in [3.05, 3.63) is 35.9 Å². The lowest BCUT2D eigenvalue weighted by Gasteiger charge is -2.29. The normalized spacial score (nSPS) is 12.7. The van der Waals surface area contributed by atoms with Gasteiger partial charge in [0.1, 0.15) is 6.04 Å². The summed E-state index contributed by atoms with van der Waals surface area (Å²) >= 11 is 0. The zero-order chi connectivity index (χ0) is 15.7. The standard InChI is InChI=1S/C18H30N2O/c1-5-20(6-2)17(16-12-8-7-9-13-16)18(21)19-14-10-11-15(3)4/h7-9,12-13,15,17H,5-6,10-11,14H2,1-4H3,(H,19,21). The van der Waals surface area contributed by atoms with Gasteiger partial charge in [0.25, 0.3) is 0 Å². The summed E-state index contributed by atoms with van der Waals surface area (Å²) < 4.78 is 0. The second-order valence-electron chi connectivity index (χ2n) is 5.86. The maximum absolute atomic E-state index is 12.6. The number of amides is 1. The second-order valence-corrected chi connectivity index (χ2v) is 5.86. The molecule has 0 aliphatic heterocycles. The van der Waals surface area contributed by atoms with Crippen molar-refractivity contribution >= 4 is 5.91 Å². The molecule has 0 saturated carbocycles. The maximum Gasteiger partial charge on any atom is 0.241 e. The fourth-order valence-electron chi connectivity index (χ4n) is 2.57. The Labute approximate surface area is 129 Å². The number of benzene rings is 1. The van der Waals surface area contributed by atoms with Gasteiger partial charge >= 0.3 is 0 Å². The van der Waals surface area contributed by atoms with Crippen LogP contribution >= 0.6 is 0 Å². The molecule has 21 heavy (non-hydrogen) atoms. The predicted octanol–water partition coefficient (Wildman–Crippen LogP) is 3.62. The Hall–Kier alpha value is -1.35. The first-order chi connectivity index (χ1) is 10.1. The molecule has 118 valence electrons. The number of hydrogen-bond donors (Lipinski definition) is 1. The lowest BCUT2D eigenvalue weighted by atomic mass is 10.0. The largest absolute Gasteiger partial charge is 0.354 e. The molecule has 1 rings (SSSR count). The molecule has 1 aromatic carbocycles. The van der Waals surface area contributed by atoms with Crippen LogP contribution in [0.25, 0.3) is 0 Å². The number of likely N-dealkylation sites (N-methyl/N-ethyl adjacent to an activating group) is 1. The minimum atomic E-state index is -0.180. The minimum absolute atomic E-state index is 0.119. The fourth-order valence-corrected chi connectivity index (χ4v) is 2.57. The van der Waals surface area contributed by atoms with Crippen LogP contribution in [0.4, 0.5) is 0 Å². The Morgan fingerprint density at radius 3 is 2.29 bits per heavy atom. The number of nitrogens with one attached hydrogen (secondary N) is 1. The van der Waals surface area contributed by atoms with Gasteiger partial charge in [0.2, 0.25) is 5.91 Å². The predicted molar refractivity (Wildman–Crippen MR) is 89.2 cm³/mol. The average molecular weight is 290 g/mol. The summed E-state index contributed by atoms with van der Waals surface area (Å²) in [5, 5.41) is 3.11. The third kappa shape index (κ3) is 5.88. The van der Waals surface area contributed by atoms with E-state index in [9.17, 15) is 4.79 Å². The number of rotatable bonds is 9. The molecule has 1 N–H and O–H groups in total. The molecule has 3 heteroatoms. The highest BCUT2D eigenvalue weighted by atomic mass is 16.2. The smallest absolute Gasteiger partial charge is 0.241 e. The van der Waals surface area contributed by atoms with Crippen LogP contribution in [0.2, 0.25) is 0 Å². The molecule has 0 aliphatic rings. The summed E-state index contributed by atoms with van der Waals surface area (Å²) in [6, 6.07) is 9.88. The molecule has 0 fully saturated rings. The number of carbonyl (C=O) groups is 1. The lowest BCUT2D eigenvalue weighted by molar-refractivity contribution is -0.126. The van der Waals surface area contributed by atoms with Crippen molar-refractivity contribution < 1.29 is 4.79 Å². The molecule has 1 atom stereocenters. The van der Waals surface area contributed by atoms with E-state index in [-0.39, 0.29) is 11.9 Å². The summed E-state index contributed by atoms with van der Waals surface area (Å²) in [6.45, 7) is 11.1. The van der Waals surface area contributed by atoms with Gasteiger partial charge in [0, 0.05) is 6.54 Å². The summed E-state index contributed by atoms with van der Waals surface area (Å²) in [5.41, 5.74) is 1.07. The van der Waals surface area contributed by atoms with E-state index in [2.05, 4.69) is 37.9 Å². The van der Waals surface area contributed by atoms with E-state index in [1.54, 1.807) is 0 Å². The number of nitrogens with zero attached hydrogens (tertiary/aromatic N) is 1. The number of hydrogen-bond acceptors (Lipinski definition) is 2. The van der Waals surface area contributed by atoms with Gasteiger partial charge in [0.05, 0.1) is 0 Å². The van der Waals surface area contributed by atoms with E-state index in [4.69, 9.17) is 0 Å². The molecule has 1 unspecified atom stereocenters. The fraction of sp³-hybridized carbons (Fsp3) is 0.611. The van der Waals surface area contributed by atoms with E-state index < -0.39 is 0 Å². The molecule has 1 amide bonds.